The van der Waals surface area contributed by atoms with E-state index in [4.69, 9.17) is 11.6 Å². The van der Waals surface area contributed by atoms with Crippen molar-refractivity contribution in [1.29, 1.82) is 0 Å². The van der Waals surface area contributed by atoms with Gasteiger partial charge in [-0.05, 0) is 12.1 Å². The van der Waals surface area contributed by atoms with Crippen LogP contribution in [0, 0.1) is 5.82 Å². The Morgan fingerprint density at radius 2 is 2.06 bits per heavy atom. The van der Waals surface area contributed by atoms with Gasteiger partial charge in [-0.3, -0.25) is 0 Å². The van der Waals surface area contributed by atoms with E-state index in [2.05, 4.69) is 9.72 Å². The van der Waals surface area contributed by atoms with E-state index in [1.54, 1.807) is 12.1 Å². The predicted molar refractivity (Wildman–Crippen MR) is 58.1 cm³/mol. The number of pyridine rings is 1. The Kier molecular flexibility index (Phi) is 2.75. The molecule has 0 fully saturated rings. The average Bonchev–Trinajstić information content (AvgIpc) is 2.32. The molecule has 0 N–H and O–H groups in total. The second kappa shape index (κ2) is 4.06. The maximum Gasteiger partial charge on any atom is 0.356 e. The van der Waals surface area contributed by atoms with Crippen LogP contribution < -0.4 is 0 Å². The highest BCUT2D eigenvalue weighted by molar-refractivity contribution is 6.31. The van der Waals surface area contributed by atoms with Crippen molar-refractivity contribution in [3.05, 3.63) is 40.8 Å². The van der Waals surface area contributed by atoms with Crippen LogP contribution in [0.1, 0.15) is 10.5 Å². The summed E-state index contributed by atoms with van der Waals surface area (Å²) in [5.41, 5.74) is 0.117. The molecular formula is C11H7ClFNO2. The van der Waals surface area contributed by atoms with E-state index in [0.29, 0.717) is 5.39 Å². The van der Waals surface area contributed by atoms with Gasteiger partial charge in [0.15, 0.2) is 5.82 Å². The molecule has 0 saturated carbocycles. The van der Waals surface area contributed by atoms with Gasteiger partial charge in [0.2, 0.25) is 0 Å². The van der Waals surface area contributed by atoms with Gasteiger partial charge in [-0.15, -0.1) is 0 Å². The van der Waals surface area contributed by atoms with Crippen LogP contribution in [0.4, 0.5) is 4.39 Å². The summed E-state index contributed by atoms with van der Waals surface area (Å²) in [6.45, 7) is 0. The van der Waals surface area contributed by atoms with Crippen molar-refractivity contribution in [3.8, 4) is 0 Å². The summed E-state index contributed by atoms with van der Waals surface area (Å²) in [6.07, 6.45) is 0. The third kappa shape index (κ3) is 1.72. The number of halogens is 2. The molecule has 1 aromatic carbocycles. The lowest BCUT2D eigenvalue weighted by Crippen LogP contribution is -2.04. The van der Waals surface area contributed by atoms with Gasteiger partial charge in [0, 0.05) is 5.39 Å². The molecule has 0 bridgehead atoms. The fourth-order valence-corrected chi connectivity index (χ4v) is 1.50. The number of nitrogens with zero attached hydrogens (tertiary/aromatic N) is 1. The second-order valence-corrected chi connectivity index (χ2v) is 3.53. The number of esters is 1. The first-order chi connectivity index (χ1) is 7.63. The number of hydrogen-bond donors (Lipinski definition) is 0. The molecule has 2 rings (SSSR count). The molecule has 0 amide bonds. The fraction of sp³-hybridized carbons (Fsp3) is 0.0909. The molecule has 0 spiro atoms. The van der Waals surface area contributed by atoms with Crippen LogP contribution in [-0.4, -0.2) is 18.1 Å². The second-order valence-electron chi connectivity index (χ2n) is 3.12. The molecule has 82 valence electrons. The van der Waals surface area contributed by atoms with Gasteiger partial charge >= 0.3 is 5.97 Å². The quantitative estimate of drug-likeness (QED) is 0.719. The lowest BCUT2D eigenvalue weighted by Gasteiger charge is -2.03. The lowest BCUT2D eigenvalue weighted by molar-refractivity contribution is 0.0594. The number of benzene rings is 1. The first kappa shape index (κ1) is 10.8. The van der Waals surface area contributed by atoms with Crippen LogP contribution in [0.2, 0.25) is 5.02 Å². The third-order valence-electron chi connectivity index (χ3n) is 2.15. The minimum atomic E-state index is -0.634. The highest BCUT2D eigenvalue weighted by Crippen LogP contribution is 2.23. The zero-order chi connectivity index (χ0) is 11.7. The number of ether oxygens (including phenoxy) is 1. The zero-order valence-electron chi connectivity index (χ0n) is 8.33. The van der Waals surface area contributed by atoms with E-state index in [0.717, 1.165) is 0 Å². The van der Waals surface area contributed by atoms with Crippen molar-refractivity contribution >= 4 is 28.5 Å². The molecular weight excluding hydrogens is 233 g/mol. The van der Waals surface area contributed by atoms with Crippen LogP contribution >= 0.6 is 11.6 Å². The molecule has 3 nitrogen and oxygen atoms in total. The van der Waals surface area contributed by atoms with Gasteiger partial charge in [0.05, 0.1) is 12.1 Å². The minimum Gasteiger partial charge on any atom is -0.464 e. The highest BCUT2D eigenvalue weighted by Gasteiger charge is 2.11. The van der Waals surface area contributed by atoms with Crippen molar-refractivity contribution < 1.29 is 13.9 Å². The van der Waals surface area contributed by atoms with E-state index < -0.39 is 11.8 Å². The summed E-state index contributed by atoms with van der Waals surface area (Å²) < 4.78 is 18.1. The first-order valence-corrected chi connectivity index (χ1v) is 4.84. The average molecular weight is 240 g/mol. The number of aromatic nitrogens is 1. The molecule has 0 unspecified atom stereocenters. The summed E-state index contributed by atoms with van der Waals surface area (Å²) in [6, 6.07) is 6.14. The van der Waals surface area contributed by atoms with Crippen LogP contribution in [0.15, 0.2) is 24.3 Å². The number of hydrogen-bond acceptors (Lipinski definition) is 3. The van der Waals surface area contributed by atoms with Crippen LogP contribution in [0.25, 0.3) is 10.9 Å². The monoisotopic (exact) mass is 239 g/mol. The number of fused-ring (bicyclic) bond motifs is 1. The maximum absolute atomic E-state index is 13.6. The summed E-state index contributed by atoms with van der Waals surface area (Å²) in [5, 5.41) is 0.552. The van der Waals surface area contributed by atoms with Crippen molar-refractivity contribution in [1.82, 2.24) is 4.98 Å². The van der Waals surface area contributed by atoms with Gasteiger partial charge in [0.1, 0.15) is 11.2 Å². The molecule has 2 aromatic rings. The first-order valence-electron chi connectivity index (χ1n) is 4.46. The summed E-state index contributed by atoms with van der Waals surface area (Å²) in [5.74, 6) is -1.24. The minimum absolute atomic E-state index is 0.0259. The lowest BCUT2D eigenvalue weighted by atomic mass is 10.2. The molecule has 0 radical (unpaired) electrons. The fourth-order valence-electron chi connectivity index (χ4n) is 1.35. The summed E-state index contributed by atoms with van der Waals surface area (Å²) >= 11 is 5.62. The van der Waals surface area contributed by atoms with Crippen molar-refractivity contribution in [3.63, 3.8) is 0 Å². The third-order valence-corrected chi connectivity index (χ3v) is 2.44. The Labute approximate surface area is 95.8 Å². The van der Waals surface area contributed by atoms with E-state index in [-0.39, 0.29) is 16.2 Å². The van der Waals surface area contributed by atoms with Gasteiger partial charge in [0.25, 0.3) is 0 Å². The number of rotatable bonds is 1. The van der Waals surface area contributed by atoms with Gasteiger partial charge in [-0.2, -0.15) is 0 Å². The van der Waals surface area contributed by atoms with Crippen LogP contribution in [-0.2, 0) is 4.74 Å². The molecule has 1 heterocycles. The van der Waals surface area contributed by atoms with Gasteiger partial charge in [-0.25, -0.2) is 14.2 Å². The number of carbonyl (C=O) groups is 1. The molecule has 0 aliphatic carbocycles. The van der Waals surface area contributed by atoms with Crippen molar-refractivity contribution in [2.24, 2.45) is 0 Å². The van der Waals surface area contributed by atoms with Crippen molar-refractivity contribution in [2.45, 2.75) is 0 Å². The maximum atomic E-state index is 13.6. The highest BCUT2D eigenvalue weighted by atomic mass is 35.5. The smallest absolute Gasteiger partial charge is 0.356 e. The molecule has 0 saturated heterocycles. The zero-order valence-corrected chi connectivity index (χ0v) is 9.08. The molecule has 16 heavy (non-hydrogen) atoms. The topological polar surface area (TPSA) is 39.2 Å². The van der Waals surface area contributed by atoms with Crippen molar-refractivity contribution in [2.75, 3.05) is 7.11 Å². The van der Waals surface area contributed by atoms with Gasteiger partial charge < -0.3 is 4.74 Å². The van der Waals surface area contributed by atoms with E-state index >= 15 is 0 Å². The standard InChI is InChI=1S/C11H7ClFNO2/c1-16-11(15)8-5-3-6-2-4-7(12)9(13)10(6)14-8/h2-5H,1H3. The largest absolute Gasteiger partial charge is 0.464 e. The molecule has 0 aliphatic rings. The number of methoxy groups -OCH3 is 1. The Bertz CT molecular complexity index is 571. The SMILES string of the molecule is COC(=O)c1ccc2ccc(Cl)c(F)c2n1. The van der Waals surface area contributed by atoms with E-state index in [9.17, 15) is 9.18 Å². The molecule has 0 atom stereocenters. The van der Waals surface area contributed by atoms with E-state index in [1.807, 2.05) is 0 Å². The number of carbonyl (C=O) groups excluding carboxylic acids is 1. The van der Waals surface area contributed by atoms with E-state index in [1.165, 1.54) is 19.2 Å². The summed E-state index contributed by atoms with van der Waals surface area (Å²) in [7, 11) is 1.24. The Morgan fingerprint density at radius 1 is 1.38 bits per heavy atom. The Hall–Kier alpha value is -1.68. The normalized spacial score (nSPS) is 10.4. The summed E-state index contributed by atoms with van der Waals surface area (Å²) in [4.78, 5) is 15.1. The molecule has 5 heteroatoms. The molecule has 0 aliphatic heterocycles. The Balaban J connectivity index is 2.69. The van der Waals surface area contributed by atoms with Gasteiger partial charge in [-0.1, -0.05) is 23.7 Å². The molecule has 1 aromatic heterocycles. The Morgan fingerprint density at radius 3 is 2.75 bits per heavy atom. The predicted octanol–water partition coefficient (Wildman–Crippen LogP) is 2.81. The van der Waals surface area contributed by atoms with Crippen LogP contribution in [0.5, 0.6) is 0 Å². The van der Waals surface area contributed by atoms with Crippen LogP contribution in [0.3, 0.4) is 0 Å².